The standard InChI is InChI=1S/C26H29N3O2/c1-28-13-12-25(27-28)24-8-4-20-16-22(31)7-9-23(20)26(24)19-2-5-21(6-3-19)29-14-10-18(17-30)11-15-29/h2-3,5-7,9,12-13,16-18,24,26,31H,4,8,10-11,14-15H2,1H3/t24-,26-/m1/s1. The first kappa shape index (κ1) is 19.9. The van der Waals surface area contributed by atoms with Crippen LogP contribution in [0.25, 0.3) is 0 Å². The predicted molar refractivity (Wildman–Crippen MR) is 122 cm³/mol. The van der Waals surface area contributed by atoms with Crippen molar-refractivity contribution in [3.8, 4) is 5.75 Å². The molecule has 1 aromatic heterocycles. The lowest BCUT2D eigenvalue weighted by Crippen LogP contribution is -2.34. The van der Waals surface area contributed by atoms with Crippen LogP contribution in [-0.2, 0) is 18.3 Å². The highest BCUT2D eigenvalue weighted by atomic mass is 16.3. The summed E-state index contributed by atoms with van der Waals surface area (Å²) in [6.45, 7) is 1.87. The van der Waals surface area contributed by atoms with Gasteiger partial charge in [0.05, 0.1) is 5.69 Å². The number of aromatic nitrogens is 2. The van der Waals surface area contributed by atoms with Gasteiger partial charge in [0.25, 0.3) is 0 Å². The van der Waals surface area contributed by atoms with E-state index in [1.54, 1.807) is 6.07 Å². The van der Waals surface area contributed by atoms with Crippen LogP contribution in [0, 0.1) is 5.92 Å². The average molecular weight is 416 g/mol. The van der Waals surface area contributed by atoms with Gasteiger partial charge in [0.15, 0.2) is 0 Å². The molecule has 1 saturated heterocycles. The summed E-state index contributed by atoms with van der Waals surface area (Å²) in [5.41, 5.74) is 6.17. The maximum absolute atomic E-state index is 11.1. The second kappa shape index (κ2) is 8.22. The number of aldehydes is 1. The normalized spacial score (nSPS) is 21.6. The summed E-state index contributed by atoms with van der Waals surface area (Å²) in [5, 5.41) is 14.7. The molecule has 5 heteroatoms. The molecule has 0 amide bonds. The van der Waals surface area contributed by atoms with Gasteiger partial charge in [-0.1, -0.05) is 18.2 Å². The highest BCUT2D eigenvalue weighted by molar-refractivity contribution is 5.56. The third-order valence-electron chi connectivity index (χ3n) is 7.05. The van der Waals surface area contributed by atoms with E-state index in [-0.39, 0.29) is 11.8 Å². The molecule has 0 radical (unpaired) electrons. The molecule has 0 saturated carbocycles. The fourth-order valence-electron chi connectivity index (χ4n) is 5.35. The molecule has 1 N–H and O–H groups in total. The van der Waals surface area contributed by atoms with Crippen molar-refractivity contribution in [1.29, 1.82) is 0 Å². The second-order valence-electron chi connectivity index (χ2n) is 8.97. The monoisotopic (exact) mass is 415 g/mol. The molecule has 0 bridgehead atoms. The number of aryl methyl sites for hydroxylation is 2. The van der Waals surface area contributed by atoms with E-state index in [0.29, 0.717) is 11.7 Å². The van der Waals surface area contributed by atoms with Gasteiger partial charge in [-0.2, -0.15) is 5.10 Å². The Hall–Kier alpha value is -3.08. The van der Waals surface area contributed by atoms with Gasteiger partial charge in [0, 0.05) is 49.8 Å². The Morgan fingerprint density at radius 3 is 2.48 bits per heavy atom. The largest absolute Gasteiger partial charge is 0.508 e. The van der Waals surface area contributed by atoms with E-state index in [4.69, 9.17) is 5.10 Å². The van der Waals surface area contributed by atoms with Crippen LogP contribution in [0.15, 0.2) is 54.7 Å². The van der Waals surface area contributed by atoms with Crippen molar-refractivity contribution in [3.63, 3.8) is 0 Å². The topological polar surface area (TPSA) is 58.4 Å². The zero-order valence-corrected chi connectivity index (χ0v) is 17.9. The molecule has 3 aromatic rings. The van der Waals surface area contributed by atoms with E-state index in [1.807, 2.05) is 24.0 Å². The van der Waals surface area contributed by atoms with Crippen molar-refractivity contribution in [2.45, 2.75) is 37.5 Å². The number of carbonyl (C=O) groups excluding carboxylic acids is 1. The molecule has 0 unspecified atom stereocenters. The fourth-order valence-corrected chi connectivity index (χ4v) is 5.35. The third kappa shape index (κ3) is 3.85. The minimum atomic E-state index is 0.213. The summed E-state index contributed by atoms with van der Waals surface area (Å²) in [5.74, 6) is 1.08. The summed E-state index contributed by atoms with van der Waals surface area (Å²) in [7, 11) is 1.97. The van der Waals surface area contributed by atoms with Crippen molar-refractivity contribution >= 4 is 12.0 Å². The Morgan fingerprint density at radius 2 is 1.81 bits per heavy atom. The lowest BCUT2D eigenvalue weighted by Gasteiger charge is -2.34. The molecule has 2 atom stereocenters. The maximum atomic E-state index is 11.1. The van der Waals surface area contributed by atoms with Crippen LogP contribution in [0.1, 0.15) is 53.5 Å². The maximum Gasteiger partial charge on any atom is 0.123 e. The van der Waals surface area contributed by atoms with E-state index in [2.05, 4.69) is 41.3 Å². The smallest absolute Gasteiger partial charge is 0.123 e. The Morgan fingerprint density at radius 1 is 1.03 bits per heavy atom. The number of phenolic OH excluding ortho intramolecular Hbond substituents is 1. The van der Waals surface area contributed by atoms with Crippen LogP contribution >= 0.6 is 0 Å². The van der Waals surface area contributed by atoms with Gasteiger partial charge < -0.3 is 14.8 Å². The van der Waals surface area contributed by atoms with Crippen molar-refractivity contribution in [1.82, 2.24) is 9.78 Å². The molecule has 1 fully saturated rings. The van der Waals surface area contributed by atoms with Crippen LogP contribution < -0.4 is 4.90 Å². The molecular weight excluding hydrogens is 386 g/mol. The van der Waals surface area contributed by atoms with Crippen molar-refractivity contribution in [3.05, 3.63) is 77.1 Å². The van der Waals surface area contributed by atoms with Crippen molar-refractivity contribution in [2.24, 2.45) is 13.0 Å². The van der Waals surface area contributed by atoms with Gasteiger partial charge in [0.2, 0.25) is 0 Å². The van der Waals surface area contributed by atoms with Crippen LogP contribution in [0.5, 0.6) is 5.75 Å². The quantitative estimate of drug-likeness (QED) is 0.642. The summed E-state index contributed by atoms with van der Waals surface area (Å²) >= 11 is 0. The summed E-state index contributed by atoms with van der Waals surface area (Å²) in [6.07, 6.45) is 6.96. The summed E-state index contributed by atoms with van der Waals surface area (Å²) in [6, 6.07) is 16.9. The average Bonchev–Trinajstić information content (AvgIpc) is 3.24. The summed E-state index contributed by atoms with van der Waals surface area (Å²) < 4.78 is 1.88. The number of rotatable bonds is 4. The number of fused-ring (bicyclic) bond motifs is 1. The Balaban J connectivity index is 1.47. The highest BCUT2D eigenvalue weighted by Gasteiger charge is 2.33. The zero-order valence-electron chi connectivity index (χ0n) is 17.9. The lowest BCUT2D eigenvalue weighted by molar-refractivity contribution is -0.111. The Labute approximate surface area is 183 Å². The minimum absolute atomic E-state index is 0.213. The number of aromatic hydroxyl groups is 1. The lowest BCUT2D eigenvalue weighted by atomic mass is 9.70. The molecule has 2 heterocycles. The number of nitrogens with zero attached hydrogens (tertiary/aromatic N) is 3. The predicted octanol–water partition coefficient (Wildman–Crippen LogP) is 4.40. The van der Waals surface area contributed by atoms with Gasteiger partial charge in [-0.15, -0.1) is 0 Å². The highest BCUT2D eigenvalue weighted by Crippen LogP contribution is 2.46. The van der Waals surface area contributed by atoms with Gasteiger partial charge in [-0.25, -0.2) is 0 Å². The van der Waals surface area contributed by atoms with Crippen molar-refractivity contribution in [2.75, 3.05) is 18.0 Å². The van der Waals surface area contributed by atoms with Crippen LogP contribution in [0.2, 0.25) is 0 Å². The Kier molecular flexibility index (Phi) is 5.26. The first-order chi connectivity index (χ1) is 15.1. The van der Waals surface area contributed by atoms with Crippen LogP contribution in [-0.4, -0.2) is 34.3 Å². The zero-order chi connectivity index (χ0) is 21.4. The molecule has 1 aliphatic carbocycles. The molecule has 0 spiro atoms. The molecule has 5 rings (SSSR count). The van der Waals surface area contributed by atoms with Gasteiger partial charge in [0.1, 0.15) is 12.0 Å². The number of benzene rings is 2. The molecule has 1 aliphatic heterocycles. The number of carbonyl (C=O) groups is 1. The number of piperidine rings is 1. The number of phenols is 1. The van der Waals surface area contributed by atoms with E-state index in [9.17, 15) is 9.90 Å². The van der Waals surface area contributed by atoms with E-state index < -0.39 is 0 Å². The Bertz CT molecular complexity index is 1060. The molecule has 2 aromatic carbocycles. The third-order valence-corrected chi connectivity index (χ3v) is 7.05. The van der Waals surface area contributed by atoms with E-state index in [1.165, 1.54) is 22.4 Å². The first-order valence-corrected chi connectivity index (χ1v) is 11.2. The first-order valence-electron chi connectivity index (χ1n) is 11.2. The molecule has 160 valence electrons. The van der Waals surface area contributed by atoms with Gasteiger partial charge >= 0.3 is 0 Å². The van der Waals surface area contributed by atoms with Gasteiger partial charge in [-0.05, 0) is 72.7 Å². The van der Waals surface area contributed by atoms with E-state index in [0.717, 1.165) is 50.8 Å². The van der Waals surface area contributed by atoms with Crippen LogP contribution in [0.4, 0.5) is 5.69 Å². The van der Waals surface area contributed by atoms with Gasteiger partial charge in [-0.3, -0.25) is 4.68 Å². The molecule has 31 heavy (non-hydrogen) atoms. The summed E-state index contributed by atoms with van der Waals surface area (Å²) in [4.78, 5) is 13.4. The molecule has 2 aliphatic rings. The minimum Gasteiger partial charge on any atom is -0.508 e. The van der Waals surface area contributed by atoms with Crippen molar-refractivity contribution < 1.29 is 9.90 Å². The number of hydrogen-bond donors (Lipinski definition) is 1. The number of anilines is 1. The SMILES string of the molecule is Cn1ccc([C@H]2CCc3cc(O)ccc3[C@H]2c2ccc(N3CCC(C=O)CC3)cc2)n1. The fraction of sp³-hybridized carbons (Fsp3) is 0.385. The second-order valence-corrected chi connectivity index (χ2v) is 8.97. The van der Waals surface area contributed by atoms with E-state index >= 15 is 0 Å². The molecular formula is C26H29N3O2. The number of hydrogen-bond acceptors (Lipinski definition) is 4. The van der Waals surface area contributed by atoms with Crippen LogP contribution in [0.3, 0.4) is 0 Å². The molecule has 5 nitrogen and oxygen atoms in total.